The zero-order valence-corrected chi connectivity index (χ0v) is 43.5. The summed E-state index contributed by atoms with van der Waals surface area (Å²) in [5, 5.41) is 15.5. The number of nitrogens with zero attached hydrogens (tertiary/aromatic N) is 2. The van der Waals surface area contributed by atoms with E-state index in [9.17, 15) is 19.2 Å². The summed E-state index contributed by atoms with van der Waals surface area (Å²) in [6.07, 6.45) is 6.41. The highest BCUT2D eigenvalue weighted by molar-refractivity contribution is 6.36. The number of urea groups is 1. The van der Waals surface area contributed by atoms with Gasteiger partial charge in [0, 0.05) is 74.7 Å². The number of ketones is 2. The van der Waals surface area contributed by atoms with Gasteiger partial charge >= 0.3 is 6.03 Å². The minimum absolute atomic E-state index is 0. The van der Waals surface area contributed by atoms with E-state index in [-0.39, 0.29) is 61.4 Å². The van der Waals surface area contributed by atoms with E-state index < -0.39 is 6.04 Å². The molecule has 382 valence electrons. The van der Waals surface area contributed by atoms with Gasteiger partial charge in [0.25, 0.3) is 0 Å². The van der Waals surface area contributed by atoms with Crippen molar-refractivity contribution in [2.75, 3.05) is 34.1 Å². The molecule has 5 aliphatic rings. The Morgan fingerprint density at radius 2 is 1.20 bits per heavy atom. The van der Waals surface area contributed by atoms with Gasteiger partial charge in [-0.25, -0.2) is 14.6 Å². The van der Waals surface area contributed by atoms with Gasteiger partial charge in [-0.1, -0.05) is 125 Å². The second kappa shape index (κ2) is 25.5. The van der Waals surface area contributed by atoms with Crippen LogP contribution in [0.4, 0.5) is 27.5 Å². The molecule has 1 saturated heterocycles. The third-order valence-corrected chi connectivity index (χ3v) is 13.0. The summed E-state index contributed by atoms with van der Waals surface area (Å²) in [7, 11) is 0. The summed E-state index contributed by atoms with van der Waals surface area (Å²) in [5.74, 6) is 0.162. The molecule has 15 heteroatoms. The van der Waals surface area contributed by atoms with Gasteiger partial charge in [0.15, 0.2) is 11.6 Å². The number of ether oxygens (including phenoxy) is 1. The van der Waals surface area contributed by atoms with Crippen LogP contribution in [-0.4, -0.2) is 49.0 Å². The number of amides is 2. The van der Waals surface area contributed by atoms with E-state index in [0.717, 1.165) is 59.2 Å². The Bertz CT molecular complexity index is 2660. The van der Waals surface area contributed by atoms with Crippen molar-refractivity contribution in [3.05, 3.63) is 139 Å². The molecule has 71 heavy (non-hydrogen) atoms. The molecule has 1 fully saturated rings. The molecule has 4 aromatic rings. The van der Waals surface area contributed by atoms with Crippen LogP contribution in [0.25, 0.3) is 0 Å². The van der Waals surface area contributed by atoms with Crippen molar-refractivity contribution in [2.45, 2.75) is 133 Å². The Hall–Kier alpha value is -5.13. The molecule has 3 aliphatic heterocycles. The minimum atomic E-state index is -0.687. The van der Waals surface area contributed by atoms with Crippen molar-refractivity contribution >= 4 is 92.8 Å². The number of hydrogen-bond acceptors (Lipinski definition) is 9. The lowest BCUT2D eigenvalue weighted by atomic mass is 9.73. The average Bonchev–Trinajstić information content (AvgIpc) is 3.75. The van der Waals surface area contributed by atoms with Crippen molar-refractivity contribution in [1.82, 2.24) is 5.32 Å². The number of anilines is 4. The van der Waals surface area contributed by atoms with Gasteiger partial charge in [0.2, 0.25) is 6.08 Å². The summed E-state index contributed by atoms with van der Waals surface area (Å²) >= 11 is 25.4. The van der Waals surface area contributed by atoms with E-state index in [1.54, 1.807) is 29.2 Å². The van der Waals surface area contributed by atoms with Gasteiger partial charge in [0.05, 0.1) is 40.9 Å². The van der Waals surface area contributed by atoms with Crippen LogP contribution >= 0.6 is 46.4 Å². The third-order valence-electron chi connectivity index (χ3n) is 11.9. The average molecular weight is 1050 g/mol. The van der Waals surface area contributed by atoms with Crippen molar-refractivity contribution in [3.8, 4) is 0 Å². The zero-order chi connectivity index (χ0) is 50.2. The fraction of sp³-hybridized carbons (Fsp3) is 0.429. The topological polar surface area (TPSA) is 141 Å². The highest BCUT2D eigenvalue weighted by atomic mass is 35.5. The molecule has 2 atom stereocenters. The summed E-state index contributed by atoms with van der Waals surface area (Å²) in [4.78, 5) is 54.5. The first kappa shape index (κ1) is 58.4. The number of aliphatic imine (C=N–C) groups is 1. The molecule has 3 heterocycles. The zero-order valence-electron chi connectivity index (χ0n) is 40.5. The molecule has 0 saturated carbocycles. The van der Waals surface area contributed by atoms with Gasteiger partial charge < -0.3 is 26.0 Å². The van der Waals surface area contributed by atoms with E-state index in [1.807, 2.05) is 88.4 Å². The lowest BCUT2D eigenvalue weighted by Crippen LogP contribution is -2.46. The molecule has 4 aromatic carbocycles. The number of benzene rings is 4. The molecule has 4 N–H and O–H groups in total. The fourth-order valence-electron chi connectivity index (χ4n) is 9.02. The van der Waals surface area contributed by atoms with E-state index in [2.05, 4.69) is 54.0 Å². The highest BCUT2D eigenvalue weighted by Crippen LogP contribution is 2.50. The lowest BCUT2D eigenvalue weighted by molar-refractivity contribution is -0.119. The molecule has 0 bridgehead atoms. The smallest absolute Gasteiger partial charge is 0.323 e. The summed E-state index contributed by atoms with van der Waals surface area (Å²) in [6, 6.07) is 24.9. The van der Waals surface area contributed by atoms with Crippen LogP contribution in [0.5, 0.6) is 0 Å². The minimum Gasteiger partial charge on any atom is -0.381 e. The van der Waals surface area contributed by atoms with Crippen molar-refractivity contribution in [1.29, 1.82) is 0 Å². The third kappa shape index (κ3) is 15.0. The SMILES string of the molecule is C.C.C1CCOC1.CC(C)N=C=O.CC(C)NC(=O)N1c2ccccc2NC2=C(C(=O)CC(C)(C)C2)C1c1ccc(Cl)cc1Cl.CC1(C)CC(=O)C2=C(C1)Nc1ccccc1NC2c1ccc(Cl)cc1Cl. The van der Waals surface area contributed by atoms with Crippen LogP contribution in [0.15, 0.2) is 112 Å². The molecule has 11 nitrogen and oxygen atoms in total. The summed E-state index contributed by atoms with van der Waals surface area (Å²) in [5.41, 5.74) is 7.77. The predicted octanol–water partition coefficient (Wildman–Crippen LogP) is 15.7. The van der Waals surface area contributed by atoms with Crippen LogP contribution in [0, 0.1) is 10.8 Å². The maximum Gasteiger partial charge on any atom is 0.323 e. The summed E-state index contributed by atoms with van der Waals surface area (Å²) in [6.45, 7) is 17.9. The second-order valence-electron chi connectivity index (χ2n) is 19.9. The van der Waals surface area contributed by atoms with E-state index in [4.69, 9.17) is 51.1 Å². The first-order chi connectivity index (χ1) is 32.7. The molecule has 0 aromatic heterocycles. The van der Waals surface area contributed by atoms with Crippen LogP contribution in [0.1, 0.15) is 132 Å². The maximum absolute atomic E-state index is 13.6. The van der Waals surface area contributed by atoms with E-state index >= 15 is 0 Å². The Kier molecular flexibility index (Phi) is 21.0. The number of rotatable bonds is 4. The van der Waals surface area contributed by atoms with E-state index in [0.29, 0.717) is 56.2 Å². The van der Waals surface area contributed by atoms with Gasteiger partial charge in [0.1, 0.15) is 0 Å². The van der Waals surface area contributed by atoms with Crippen LogP contribution < -0.4 is 26.2 Å². The quantitative estimate of drug-likeness (QED) is 0.117. The van der Waals surface area contributed by atoms with Crippen LogP contribution in [0.2, 0.25) is 20.1 Å². The maximum atomic E-state index is 13.6. The highest BCUT2D eigenvalue weighted by Gasteiger charge is 2.44. The standard InChI is InChI=1S/C25H27Cl2N3O2.C21H20Cl2N2O.C4H7NO.C4H8O.2CH4/c1-14(2)28-24(32)30-20-8-6-5-7-18(20)29-19-12-25(3,4)13-21(31)22(19)23(30)16-10-9-15(26)11-17(16)27;1-21(2)10-17-19(18(26)11-21)20(13-8-7-12(22)9-14(13)23)25-16-6-4-3-5-15(16)24-17;1-4(2)5-3-6;1-2-4-5-3-1;;/h5-11,14,23,29H,12-13H2,1-4H3,(H,28,32);3-9,20,24-25H,10-11H2,1-2H3;4H,1-2H3;1-4H2;2*1H4. The Morgan fingerprint density at radius 1 is 0.704 bits per heavy atom. The van der Waals surface area contributed by atoms with Crippen molar-refractivity contribution in [2.24, 2.45) is 15.8 Å². The van der Waals surface area contributed by atoms with Crippen molar-refractivity contribution < 1.29 is 23.9 Å². The Balaban J connectivity index is 0.000000251. The normalized spacial score (nSPS) is 19.0. The van der Waals surface area contributed by atoms with Crippen LogP contribution in [-0.2, 0) is 19.1 Å². The lowest BCUT2D eigenvalue weighted by Gasteiger charge is -2.37. The van der Waals surface area contributed by atoms with Crippen LogP contribution in [0.3, 0.4) is 0 Å². The van der Waals surface area contributed by atoms with Gasteiger partial charge in [-0.2, -0.15) is 0 Å². The molecule has 0 spiro atoms. The Morgan fingerprint density at radius 3 is 1.69 bits per heavy atom. The Labute approximate surface area is 441 Å². The molecule has 2 amide bonds. The molecule has 2 unspecified atom stereocenters. The first-order valence-electron chi connectivity index (χ1n) is 23.3. The molecular weight excluding hydrogens is 978 g/mol. The number of carbonyl (C=O) groups excluding carboxylic acids is 4. The number of para-hydroxylation sites is 4. The number of nitrogens with one attached hydrogen (secondary N) is 4. The first-order valence-corrected chi connectivity index (χ1v) is 24.8. The second-order valence-corrected chi connectivity index (χ2v) is 21.6. The molecule has 9 rings (SSSR count). The number of isocyanates is 1. The van der Waals surface area contributed by atoms with Gasteiger partial charge in [-0.05, 0) is 124 Å². The fourth-order valence-corrected chi connectivity index (χ4v) is 10.0. The number of Topliss-reactive ketones (excluding diaryl/α,β-unsaturated/α-hetero) is 2. The molecule has 2 aliphatic carbocycles. The van der Waals surface area contributed by atoms with Crippen molar-refractivity contribution in [3.63, 3.8) is 0 Å². The van der Waals surface area contributed by atoms with Gasteiger partial charge in [-0.3, -0.25) is 14.5 Å². The van der Waals surface area contributed by atoms with Gasteiger partial charge in [-0.15, -0.1) is 0 Å². The largest absolute Gasteiger partial charge is 0.381 e. The molecule has 0 radical (unpaired) electrons. The molecular formula is C56H70Cl4N6O5. The summed E-state index contributed by atoms with van der Waals surface area (Å²) < 4.78 is 4.94. The predicted molar refractivity (Wildman–Crippen MR) is 295 cm³/mol. The number of allylic oxidation sites excluding steroid dienone is 2. The number of fused-ring (bicyclic) bond motifs is 2. The monoisotopic (exact) mass is 1050 g/mol. The van der Waals surface area contributed by atoms with E-state index in [1.165, 1.54) is 18.9 Å². The number of carbonyl (C=O) groups is 3. The number of halogens is 4. The number of hydrogen-bond donors (Lipinski definition) is 4.